The van der Waals surface area contributed by atoms with E-state index in [1.807, 2.05) is 0 Å². The predicted octanol–water partition coefficient (Wildman–Crippen LogP) is 6.12. The number of urea groups is 1. The number of anilines is 2. The zero-order valence-corrected chi connectivity index (χ0v) is 16.8. The summed E-state index contributed by atoms with van der Waals surface area (Å²) in [4.78, 5) is 24.5. The summed E-state index contributed by atoms with van der Waals surface area (Å²) in [5.74, 6) is 0.234. The molecule has 0 atom stereocenters. The lowest BCUT2D eigenvalue weighted by Gasteiger charge is -2.10. The van der Waals surface area contributed by atoms with Crippen molar-refractivity contribution in [1.82, 2.24) is 0 Å². The van der Waals surface area contributed by atoms with Gasteiger partial charge in [-0.25, -0.2) is 4.79 Å². The zero-order chi connectivity index (χ0) is 21.3. The van der Waals surface area contributed by atoms with Crippen molar-refractivity contribution in [3.05, 3.63) is 87.0 Å². The highest BCUT2D eigenvalue weighted by Gasteiger charge is 2.12. The molecule has 0 fully saturated rings. The molecule has 0 spiro atoms. The average Bonchev–Trinajstić information content (AvgIpc) is 2.67. The highest BCUT2D eigenvalue weighted by Crippen LogP contribution is 2.32. The lowest BCUT2D eigenvalue weighted by Crippen LogP contribution is -2.19. The number of nitrogens with one attached hydrogen (secondary N) is 2. The van der Waals surface area contributed by atoms with Crippen molar-refractivity contribution in [2.24, 2.45) is 0 Å². The van der Waals surface area contributed by atoms with Crippen LogP contribution in [0.4, 0.5) is 16.2 Å². The number of aromatic hydroxyl groups is 1. The molecule has 2 amide bonds. The third kappa shape index (κ3) is 4.25. The van der Waals surface area contributed by atoms with Crippen molar-refractivity contribution in [1.29, 1.82) is 0 Å². The lowest BCUT2D eigenvalue weighted by atomic mass is 10.1. The van der Waals surface area contributed by atoms with Crippen LogP contribution in [0, 0.1) is 0 Å². The highest BCUT2D eigenvalue weighted by atomic mass is 35.5. The number of amides is 2. The highest BCUT2D eigenvalue weighted by molar-refractivity contribution is 6.33. The Hall–Kier alpha value is -3.48. The van der Waals surface area contributed by atoms with Crippen LogP contribution in [0.2, 0.25) is 10.0 Å². The number of hydrogen-bond acceptors (Lipinski definition) is 4. The first-order chi connectivity index (χ1) is 14.4. The fourth-order valence-corrected chi connectivity index (χ4v) is 3.39. The van der Waals surface area contributed by atoms with E-state index in [-0.39, 0.29) is 27.5 Å². The van der Waals surface area contributed by atoms with Crippen molar-refractivity contribution < 1.29 is 14.3 Å². The largest absolute Gasteiger partial charge is 0.508 e. The minimum atomic E-state index is -0.464. The Morgan fingerprint density at radius 2 is 1.67 bits per heavy atom. The van der Waals surface area contributed by atoms with E-state index in [2.05, 4.69) is 10.6 Å². The number of rotatable bonds is 3. The molecule has 1 heterocycles. The molecule has 6 nitrogen and oxygen atoms in total. The van der Waals surface area contributed by atoms with Crippen LogP contribution in [0.15, 0.2) is 75.9 Å². The van der Waals surface area contributed by atoms with E-state index >= 15 is 0 Å². The van der Waals surface area contributed by atoms with Gasteiger partial charge in [0.05, 0.1) is 10.4 Å². The summed E-state index contributed by atoms with van der Waals surface area (Å²) in [6.45, 7) is 0. The molecule has 0 aliphatic heterocycles. The number of phenolic OH excluding ortho intramolecular Hbond substituents is 1. The fraction of sp³-hybridized carbons (Fsp3) is 0. The Balaban J connectivity index is 1.58. The van der Waals surface area contributed by atoms with Gasteiger partial charge in [0, 0.05) is 34.1 Å². The minimum absolute atomic E-state index is 0.0147. The molecule has 150 valence electrons. The third-order valence-electron chi connectivity index (χ3n) is 4.29. The monoisotopic (exact) mass is 440 g/mol. The third-order valence-corrected chi connectivity index (χ3v) is 4.84. The zero-order valence-electron chi connectivity index (χ0n) is 15.3. The molecular weight excluding hydrogens is 427 g/mol. The topological polar surface area (TPSA) is 91.6 Å². The molecule has 4 aromatic rings. The van der Waals surface area contributed by atoms with Crippen molar-refractivity contribution in [2.45, 2.75) is 0 Å². The molecule has 8 heteroatoms. The maximum Gasteiger partial charge on any atom is 0.323 e. The van der Waals surface area contributed by atoms with Gasteiger partial charge in [0.2, 0.25) is 0 Å². The molecule has 1 aromatic heterocycles. The molecule has 30 heavy (non-hydrogen) atoms. The Bertz CT molecular complexity index is 1330. The number of benzene rings is 3. The van der Waals surface area contributed by atoms with Gasteiger partial charge in [-0.05, 0) is 48.5 Å². The molecule has 0 saturated carbocycles. The molecule has 4 rings (SSSR count). The van der Waals surface area contributed by atoms with Gasteiger partial charge in [-0.1, -0.05) is 29.3 Å². The number of carbonyl (C=O) groups is 1. The maximum absolute atomic E-state index is 12.3. The van der Waals surface area contributed by atoms with Gasteiger partial charge in [-0.15, -0.1) is 0 Å². The Kier molecular flexibility index (Phi) is 5.35. The number of halogens is 2. The SMILES string of the molecule is O=C(Nc1cccc(Cl)c1)Nc1ccc(-c2cc(=O)c3ccc(O)cc3o2)c(Cl)c1. The van der Waals surface area contributed by atoms with Gasteiger partial charge < -0.3 is 20.2 Å². The molecule has 0 radical (unpaired) electrons. The second-order valence-electron chi connectivity index (χ2n) is 6.44. The van der Waals surface area contributed by atoms with Crippen molar-refractivity contribution in [3.8, 4) is 17.1 Å². The average molecular weight is 441 g/mol. The molecule has 3 N–H and O–H groups in total. The molecule has 0 unspecified atom stereocenters. The summed E-state index contributed by atoms with van der Waals surface area (Å²) in [5.41, 5.74) is 1.45. The normalized spacial score (nSPS) is 10.7. The minimum Gasteiger partial charge on any atom is -0.508 e. The number of hydrogen-bond donors (Lipinski definition) is 3. The second kappa shape index (κ2) is 8.10. The molecule has 0 aliphatic rings. The summed E-state index contributed by atoms with van der Waals surface area (Å²) < 4.78 is 5.74. The Labute approximate surface area is 180 Å². The van der Waals surface area contributed by atoms with Gasteiger partial charge in [0.1, 0.15) is 17.1 Å². The van der Waals surface area contributed by atoms with Crippen LogP contribution in [0.25, 0.3) is 22.3 Å². The lowest BCUT2D eigenvalue weighted by molar-refractivity contribution is 0.262. The number of phenols is 1. The first-order valence-electron chi connectivity index (χ1n) is 8.79. The fourth-order valence-electron chi connectivity index (χ4n) is 2.93. The van der Waals surface area contributed by atoms with Crippen LogP contribution in [-0.4, -0.2) is 11.1 Å². The van der Waals surface area contributed by atoms with Crippen molar-refractivity contribution >= 4 is 51.6 Å². The molecule has 0 bridgehead atoms. The summed E-state index contributed by atoms with van der Waals surface area (Å²) in [6.07, 6.45) is 0. The molecule has 0 aliphatic carbocycles. The van der Waals surface area contributed by atoms with E-state index < -0.39 is 6.03 Å². The van der Waals surface area contributed by atoms with E-state index in [0.717, 1.165) is 0 Å². The number of fused-ring (bicyclic) bond motifs is 1. The second-order valence-corrected chi connectivity index (χ2v) is 7.28. The van der Waals surface area contributed by atoms with Crippen LogP contribution in [0.5, 0.6) is 5.75 Å². The molecule has 3 aromatic carbocycles. The Morgan fingerprint density at radius 3 is 2.40 bits per heavy atom. The Morgan fingerprint density at radius 1 is 0.900 bits per heavy atom. The summed E-state index contributed by atoms with van der Waals surface area (Å²) in [6, 6.07) is 16.7. The van der Waals surface area contributed by atoms with Crippen LogP contribution in [0.1, 0.15) is 0 Å². The van der Waals surface area contributed by atoms with Gasteiger partial charge in [0.15, 0.2) is 5.43 Å². The van der Waals surface area contributed by atoms with Gasteiger partial charge in [-0.3, -0.25) is 4.79 Å². The van der Waals surface area contributed by atoms with Crippen LogP contribution in [0.3, 0.4) is 0 Å². The summed E-state index contributed by atoms with van der Waals surface area (Å²) in [5, 5.41) is 16.1. The van der Waals surface area contributed by atoms with Gasteiger partial charge in [0.25, 0.3) is 0 Å². The number of carbonyl (C=O) groups excluding carboxylic acids is 1. The molecule has 0 saturated heterocycles. The van der Waals surface area contributed by atoms with Crippen LogP contribution < -0.4 is 16.1 Å². The first kappa shape index (κ1) is 19.8. The van der Waals surface area contributed by atoms with Gasteiger partial charge >= 0.3 is 6.03 Å². The van der Waals surface area contributed by atoms with E-state index in [4.69, 9.17) is 27.6 Å². The van der Waals surface area contributed by atoms with Crippen molar-refractivity contribution in [3.63, 3.8) is 0 Å². The quantitative estimate of drug-likeness (QED) is 0.357. The first-order valence-corrected chi connectivity index (χ1v) is 9.55. The standard InChI is InChI=1S/C22H14Cl2N2O4/c23-12-2-1-3-13(8-12)25-22(29)26-14-4-6-16(18(24)9-14)21-11-19(28)17-7-5-15(27)10-20(17)30-21/h1-11,27H,(H2,25,26,29). The van der Waals surface area contributed by atoms with Crippen LogP contribution in [-0.2, 0) is 0 Å². The predicted molar refractivity (Wildman–Crippen MR) is 119 cm³/mol. The van der Waals surface area contributed by atoms with E-state index in [0.29, 0.717) is 27.3 Å². The van der Waals surface area contributed by atoms with E-state index in [1.54, 1.807) is 42.5 Å². The maximum atomic E-state index is 12.3. The van der Waals surface area contributed by atoms with E-state index in [1.165, 1.54) is 24.3 Å². The van der Waals surface area contributed by atoms with E-state index in [9.17, 15) is 14.7 Å². The summed E-state index contributed by atoms with van der Waals surface area (Å²) >= 11 is 12.3. The van der Waals surface area contributed by atoms with Crippen LogP contribution >= 0.6 is 23.2 Å². The smallest absolute Gasteiger partial charge is 0.323 e. The van der Waals surface area contributed by atoms with Gasteiger partial charge in [-0.2, -0.15) is 0 Å². The van der Waals surface area contributed by atoms with Crippen molar-refractivity contribution in [2.75, 3.05) is 10.6 Å². The summed E-state index contributed by atoms with van der Waals surface area (Å²) in [7, 11) is 0. The molecular formula is C22H14Cl2N2O4.